The van der Waals surface area contributed by atoms with E-state index in [1.807, 2.05) is 35.2 Å². The van der Waals surface area contributed by atoms with Gasteiger partial charge in [-0.1, -0.05) is 30.3 Å². The Labute approximate surface area is 157 Å². The first-order valence-electron chi connectivity index (χ1n) is 8.83. The fourth-order valence-electron chi connectivity index (χ4n) is 3.09. The molecule has 0 unspecified atom stereocenters. The number of non-ortho nitro benzene ring substituents is 1. The van der Waals surface area contributed by atoms with E-state index in [9.17, 15) is 19.7 Å². The molecule has 1 fully saturated rings. The molecule has 0 aliphatic carbocycles. The highest BCUT2D eigenvalue weighted by atomic mass is 16.6. The molecule has 27 heavy (non-hydrogen) atoms. The van der Waals surface area contributed by atoms with Gasteiger partial charge in [0.05, 0.1) is 18.0 Å². The number of nitro groups is 1. The minimum Gasteiger partial charge on any atom is -0.293 e. The monoisotopic (exact) mass is 367 g/mol. The number of benzene rings is 2. The average Bonchev–Trinajstić information content (AvgIpc) is 2.70. The maximum Gasteiger partial charge on any atom is 0.269 e. The summed E-state index contributed by atoms with van der Waals surface area (Å²) in [6, 6.07) is 14.9. The van der Waals surface area contributed by atoms with Crippen molar-refractivity contribution in [3.63, 3.8) is 0 Å². The van der Waals surface area contributed by atoms with Crippen molar-refractivity contribution in [2.24, 2.45) is 0 Å². The van der Waals surface area contributed by atoms with Crippen molar-refractivity contribution in [1.82, 2.24) is 9.80 Å². The minimum absolute atomic E-state index is 0.0248. The number of carbonyl (C=O) groups is 2. The van der Waals surface area contributed by atoms with Gasteiger partial charge in [0.1, 0.15) is 0 Å². The molecule has 0 amide bonds. The molecule has 0 N–H and O–H groups in total. The number of ketones is 2. The first-order chi connectivity index (χ1) is 13.0. The first-order valence-corrected chi connectivity index (χ1v) is 8.83. The fourth-order valence-corrected chi connectivity index (χ4v) is 3.09. The van der Waals surface area contributed by atoms with Gasteiger partial charge in [-0.15, -0.1) is 0 Å². The average molecular weight is 367 g/mol. The Hall–Kier alpha value is -2.90. The molecule has 7 nitrogen and oxygen atoms in total. The molecule has 1 heterocycles. The number of rotatable bonds is 7. The zero-order chi connectivity index (χ0) is 19.2. The summed E-state index contributed by atoms with van der Waals surface area (Å²) >= 11 is 0. The fraction of sp³-hybridized carbons (Fsp3) is 0.300. The highest BCUT2D eigenvalue weighted by Gasteiger charge is 2.21. The van der Waals surface area contributed by atoms with Crippen LogP contribution in [0.25, 0.3) is 0 Å². The summed E-state index contributed by atoms with van der Waals surface area (Å²) in [7, 11) is 0. The molecular formula is C20H21N3O4. The molecule has 7 heteroatoms. The Morgan fingerprint density at radius 3 is 1.67 bits per heavy atom. The van der Waals surface area contributed by atoms with Gasteiger partial charge >= 0.3 is 0 Å². The number of carbonyl (C=O) groups excluding carboxylic acids is 2. The lowest BCUT2D eigenvalue weighted by Gasteiger charge is -2.33. The molecule has 1 aliphatic rings. The zero-order valence-electron chi connectivity index (χ0n) is 14.9. The van der Waals surface area contributed by atoms with Crippen molar-refractivity contribution in [3.8, 4) is 0 Å². The van der Waals surface area contributed by atoms with Crippen molar-refractivity contribution in [3.05, 3.63) is 75.8 Å². The molecular weight excluding hydrogens is 346 g/mol. The Balaban J connectivity index is 1.47. The predicted molar refractivity (Wildman–Crippen MR) is 101 cm³/mol. The molecule has 0 spiro atoms. The lowest BCUT2D eigenvalue weighted by atomic mass is 10.1. The second-order valence-electron chi connectivity index (χ2n) is 6.57. The van der Waals surface area contributed by atoms with Crippen LogP contribution in [0.1, 0.15) is 20.7 Å². The highest BCUT2D eigenvalue weighted by Crippen LogP contribution is 2.13. The van der Waals surface area contributed by atoms with E-state index >= 15 is 0 Å². The molecule has 0 saturated carbocycles. The number of hydrogen-bond acceptors (Lipinski definition) is 6. The quantitative estimate of drug-likeness (QED) is 0.424. The third-order valence-corrected chi connectivity index (χ3v) is 4.70. The summed E-state index contributed by atoms with van der Waals surface area (Å²) in [5, 5.41) is 10.7. The number of hydrogen-bond donors (Lipinski definition) is 0. The molecule has 3 rings (SSSR count). The molecule has 0 atom stereocenters. The molecule has 140 valence electrons. The SMILES string of the molecule is O=C(CN1CCN(CC(=O)c2ccc([N+](=O)[O-])cc2)CC1)c1ccccc1. The van der Waals surface area contributed by atoms with Gasteiger partial charge in [0, 0.05) is 49.4 Å². The van der Waals surface area contributed by atoms with E-state index < -0.39 is 4.92 Å². The largest absolute Gasteiger partial charge is 0.293 e. The van der Waals surface area contributed by atoms with E-state index in [4.69, 9.17) is 0 Å². The van der Waals surface area contributed by atoms with Crippen LogP contribution in [0.15, 0.2) is 54.6 Å². The number of nitrogens with zero attached hydrogens (tertiary/aromatic N) is 3. The lowest BCUT2D eigenvalue weighted by Crippen LogP contribution is -2.49. The summed E-state index contributed by atoms with van der Waals surface area (Å²) in [4.78, 5) is 39.0. The summed E-state index contributed by atoms with van der Waals surface area (Å²) in [6.45, 7) is 3.53. The number of Topliss-reactive ketones (excluding diaryl/α,β-unsaturated/α-hetero) is 2. The van der Waals surface area contributed by atoms with Gasteiger partial charge in [0.15, 0.2) is 11.6 Å². The number of piperazine rings is 1. The van der Waals surface area contributed by atoms with Crippen LogP contribution in [0.3, 0.4) is 0 Å². The first kappa shape index (κ1) is 18.9. The molecule has 0 aromatic heterocycles. The van der Waals surface area contributed by atoms with Crippen LogP contribution in [-0.2, 0) is 0 Å². The van der Waals surface area contributed by atoms with Gasteiger partial charge in [0.25, 0.3) is 5.69 Å². The summed E-state index contributed by atoms with van der Waals surface area (Å²) < 4.78 is 0. The third-order valence-electron chi connectivity index (χ3n) is 4.70. The van der Waals surface area contributed by atoms with E-state index in [-0.39, 0.29) is 23.8 Å². The smallest absolute Gasteiger partial charge is 0.269 e. The van der Waals surface area contributed by atoms with Crippen LogP contribution in [-0.4, -0.2) is 65.6 Å². The van der Waals surface area contributed by atoms with Crippen molar-refractivity contribution in [1.29, 1.82) is 0 Å². The van der Waals surface area contributed by atoms with E-state index in [2.05, 4.69) is 4.90 Å². The van der Waals surface area contributed by atoms with Gasteiger partial charge in [-0.3, -0.25) is 29.5 Å². The zero-order valence-corrected chi connectivity index (χ0v) is 14.9. The summed E-state index contributed by atoms with van der Waals surface area (Å²) in [5.74, 6) is 0.0460. The Kier molecular flexibility index (Phi) is 6.05. The normalized spacial score (nSPS) is 15.4. The van der Waals surface area contributed by atoms with E-state index in [0.29, 0.717) is 30.8 Å². The van der Waals surface area contributed by atoms with Crippen molar-refractivity contribution < 1.29 is 14.5 Å². The van der Waals surface area contributed by atoms with Gasteiger partial charge in [-0.2, -0.15) is 0 Å². The van der Waals surface area contributed by atoms with Crippen molar-refractivity contribution in [2.75, 3.05) is 39.3 Å². The van der Waals surface area contributed by atoms with Crippen LogP contribution >= 0.6 is 0 Å². The summed E-state index contributed by atoms with van der Waals surface area (Å²) in [5.41, 5.74) is 1.17. The summed E-state index contributed by atoms with van der Waals surface area (Å²) in [6.07, 6.45) is 0. The van der Waals surface area contributed by atoms with Crippen molar-refractivity contribution >= 4 is 17.3 Å². The Bertz CT molecular complexity index is 813. The standard InChI is InChI=1S/C20H21N3O4/c24-19(16-4-2-1-3-5-16)14-21-10-12-22(13-11-21)15-20(25)17-6-8-18(9-7-17)23(26)27/h1-9H,10-15H2. The third kappa shape index (κ3) is 5.06. The van der Waals surface area contributed by atoms with Gasteiger partial charge in [0.2, 0.25) is 0 Å². The number of nitro benzene ring substituents is 1. The molecule has 0 bridgehead atoms. The van der Waals surface area contributed by atoms with Crippen molar-refractivity contribution in [2.45, 2.75) is 0 Å². The van der Waals surface area contributed by atoms with Crippen LogP contribution in [0.4, 0.5) is 5.69 Å². The second-order valence-corrected chi connectivity index (χ2v) is 6.57. The minimum atomic E-state index is -0.482. The Morgan fingerprint density at radius 2 is 1.22 bits per heavy atom. The van der Waals surface area contributed by atoms with Gasteiger partial charge in [-0.25, -0.2) is 0 Å². The van der Waals surface area contributed by atoms with E-state index in [0.717, 1.165) is 13.1 Å². The van der Waals surface area contributed by atoms with Gasteiger partial charge < -0.3 is 0 Å². The van der Waals surface area contributed by atoms with Crippen LogP contribution in [0.5, 0.6) is 0 Å². The molecule has 2 aromatic rings. The Morgan fingerprint density at radius 1 is 0.778 bits per heavy atom. The lowest BCUT2D eigenvalue weighted by molar-refractivity contribution is -0.384. The van der Waals surface area contributed by atoms with Crippen LogP contribution < -0.4 is 0 Å². The van der Waals surface area contributed by atoms with E-state index in [1.54, 1.807) is 0 Å². The second kappa shape index (κ2) is 8.66. The maximum absolute atomic E-state index is 12.4. The van der Waals surface area contributed by atoms with Crippen LogP contribution in [0, 0.1) is 10.1 Å². The molecule has 1 aliphatic heterocycles. The highest BCUT2D eigenvalue weighted by molar-refractivity contribution is 5.98. The maximum atomic E-state index is 12.4. The van der Waals surface area contributed by atoms with E-state index in [1.165, 1.54) is 24.3 Å². The molecule has 2 aromatic carbocycles. The predicted octanol–water partition coefficient (Wildman–Crippen LogP) is 2.28. The molecule has 0 radical (unpaired) electrons. The topological polar surface area (TPSA) is 83.8 Å². The van der Waals surface area contributed by atoms with Gasteiger partial charge in [-0.05, 0) is 12.1 Å². The van der Waals surface area contributed by atoms with Crippen LogP contribution in [0.2, 0.25) is 0 Å². The molecule has 1 saturated heterocycles.